The van der Waals surface area contributed by atoms with E-state index in [1.807, 2.05) is 18.2 Å². The Morgan fingerprint density at radius 2 is 1.67 bits per heavy atom. The Balaban J connectivity index is 1.91. The van der Waals surface area contributed by atoms with Crippen LogP contribution in [0.3, 0.4) is 0 Å². The van der Waals surface area contributed by atoms with E-state index >= 15 is 0 Å². The number of aromatic nitrogens is 2. The quantitative estimate of drug-likeness (QED) is 0.757. The molecule has 0 saturated carbocycles. The molecular formula is C14H10F3N3O. The minimum Gasteiger partial charge on any atom is -0.406 e. The Morgan fingerprint density at radius 1 is 1.00 bits per heavy atom. The second-order valence-corrected chi connectivity index (χ2v) is 4.43. The summed E-state index contributed by atoms with van der Waals surface area (Å²) >= 11 is 0. The van der Waals surface area contributed by atoms with Crippen LogP contribution in [0.25, 0.3) is 22.2 Å². The standard InChI is InChI=1S/C14H10F3N3O/c15-14(16,17)21-10-4-1-8(2-5-10)9-3-6-11-12(7-9)20-13(18)19-11/h1-7H,(H3,18,19,20). The summed E-state index contributed by atoms with van der Waals surface area (Å²) in [5.74, 6) is 0.0624. The highest BCUT2D eigenvalue weighted by atomic mass is 19.4. The normalized spacial score (nSPS) is 11.8. The second kappa shape index (κ2) is 4.69. The van der Waals surface area contributed by atoms with Crippen molar-refractivity contribution in [3.63, 3.8) is 0 Å². The van der Waals surface area contributed by atoms with Gasteiger partial charge in [-0.25, -0.2) is 4.98 Å². The first-order chi connectivity index (χ1) is 9.90. The molecule has 0 aliphatic heterocycles. The molecule has 0 saturated heterocycles. The van der Waals surface area contributed by atoms with E-state index in [2.05, 4.69) is 14.7 Å². The lowest BCUT2D eigenvalue weighted by molar-refractivity contribution is -0.274. The van der Waals surface area contributed by atoms with E-state index in [4.69, 9.17) is 5.73 Å². The molecule has 4 nitrogen and oxygen atoms in total. The Morgan fingerprint density at radius 3 is 2.33 bits per heavy atom. The number of imidazole rings is 1. The number of rotatable bonds is 2. The highest BCUT2D eigenvalue weighted by Gasteiger charge is 2.30. The minimum atomic E-state index is -4.69. The molecule has 1 aromatic heterocycles. The van der Waals surface area contributed by atoms with Crippen molar-refractivity contribution >= 4 is 17.0 Å². The van der Waals surface area contributed by atoms with E-state index in [9.17, 15) is 13.2 Å². The summed E-state index contributed by atoms with van der Waals surface area (Å²) in [4.78, 5) is 7.01. The van der Waals surface area contributed by atoms with Gasteiger partial charge in [-0.15, -0.1) is 13.2 Å². The van der Waals surface area contributed by atoms with Crippen molar-refractivity contribution in [2.45, 2.75) is 6.36 Å². The van der Waals surface area contributed by atoms with Crippen LogP contribution in [0.15, 0.2) is 42.5 Å². The molecule has 0 aliphatic carbocycles. The van der Waals surface area contributed by atoms with Gasteiger partial charge >= 0.3 is 6.36 Å². The lowest BCUT2D eigenvalue weighted by Crippen LogP contribution is -2.16. The summed E-state index contributed by atoms with van der Waals surface area (Å²) in [5.41, 5.74) is 8.65. The van der Waals surface area contributed by atoms with Gasteiger partial charge in [-0.1, -0.05) is 18.2 Å². The highest BCUT2D eigenvalue weighted by molar-refractivity contribution is 5.83. The summed E-state index contributed by atoms with van der Waals surface area (Å²) in [6, 6.07) is 11.1. The summed E-state index contributed by atoms with van der Waals surface area (Å²) in [6.45, 7) is 0. The van der Waals surface area contributed by atoms with Crippen LogP contribution in [0.4, 0.5) is 19.1 Å². The topological polar surface area (TPSA) is 63.9 Å². The monoisotopic (exact) mass is 293 g/mol. The zero-order valence-corrected chi connectivity index (χ0v) is 10.6. The lowest BCUT2D eigenvalue weighted by atomic mass is 10.1. The number of halogens is 3. The van der Waals surface area contributed by atoms with Crippen molar-refractivity contribution in [1.82, 2.24) is 9.97 Å². The SMILES string of the molecule is Nc1nc2cc(-c3ccc(OC(F)(F)F)cc3)ccc2[nH]1. The Bertz CT molecular complexity index is 778. The summed E-state index contributed by atoms with van der Waals surface area (Å²) in [7, 11) is 0. The van der Waals surface area contributed by atoms with Crippen LogP contribution in [-0.4, -0.2) is 16.3 Å². The summed E-state index contributed by atoms with van der Waals surface area (Å²) in [5, 5.41) is 0. The number of benzene rings is 2. The molecule has 108 valence electrons. The molecule has 3 N–H and O–H groups in total. The van der Waals surface area contributed by atoms with E-state index in [0.717, 1.165) is 16.6 Å². The molecule has 1 heterocycles. The molecule has 3 rings (SSSR count). The molecule has 0 spiro atoms. The van der Waals surface area contributed by atoms with Gasteiger partial charge in [-0.05, 0) is 35.4 Å². The lowest BCUT2D eigenvalue weighted by Gasteiger charge is -2.09. The minimum absolute atomic E-state index is 0.253. The van der Waals surface area contributed by atoms with Crippen LogP contribution >= 0.6 is 0 Å². The van der Waals surface area contributed by atoms with Crippen LogP contribution in [0.1, 0.15) is 0 Å². The van der Waals surface area contributed by atoms with Gasteiger partial charge in [0.25, 0.3) is 0 Å². The van der Waals surface area contributed by atoms with Crippen LogP contribution < -0.4 is 10.5 Å². The van der Waals surface area contributed by atoms with E-state index in [1.165, 1.54) is 12.1 Å². The number of hydrogen-bond acceptors (Lipinski definition) is 3. The molecule has 0 aliphatic rings. The van der Waals surface area contributed by atoms with Crippen molar-refractivity contribution in [3.05, 3.63) is 42.5 Å². The predicted octanol–water partition coefficient (Wildman–Crippen LogP) is 3.71. The van der Waals surface area contributed by atoms with Gasteiger partial charge in [0.2, 0.25) is 0 Å². The largest absolute Gasteiger partial charge is 0.573 e. The van der Waals surface area contributed by atoms with Crippen molar-refractivity contribution in [2.75, 3.05) is 5.73 Å². The summed E-state index contributed by atoms with van der Waals surface area (Å²) < 4.78 is 40.1. The molecule has 0 fully saturated rings. The zero-order valence-electron chi connectivity index (χ0n) is 10.6. The fourth-order valence-corrected chi connectivity index (χ4v) is 2.05. The number of nitrogens with one attached hydrogen (secondary N) is 1. The molecule has 21 heavy (non-hydrogen) atoms. The van der Waals surface area contributed by atoms with Gasteiger partial charge in [-0.3, -0.25) is 0 Å². The molecule has 2 aromatic carbocycles. The Hall–Kier alpha value is -2.70. The van der Waals surface area contributed by atoms with Crippen LogP contribution in [-0.2, 0) is 0 Å². The summed E-state index contributed by atoms with van der Waals surface area (Å²) in [6.07, 6.45) is -4.69. The average Bonchev–Trinajstić information content (AvgIpc) is 2.76. The van der Waals surface area contributed by atoms with E-state index in [1.54, 1.807) is 12.1 Å². The number of aromatic amines is 1. The van der Waals surface area contributed by atoms with E-state index in [-0.39, 0.29) is 5.75 Å². The first kappa shape index (κ1) is 13.3. The van der Waals surface area contributed by atoms with Gasteiger partial charge in [0.15, 0.2) is 5.95 Å². The smallest absolute Gasteiger partial charge is 0.406 e. The van der Waals surface area contributed by atoms with Gasteiger partial charge in [-0.2, -0.15) is 0 Å². The van der Waals surface area contributed by atoms with Crippen molar-refractivity contribution < 1.29 is 17.9 Å². The fourth-order valence-electron chi connectivity index (χ4n) is 2.05. The van der Waals surface area contributed by atoms with E-state index < -0.39 is 6.36 Å². The molecule has 0 atom stereocenters. The molecule has 7 heteroatoms. The van der Waals surface area contributed by atoms with Crippen molar-refractivity contribution in [2.24, 2.45) is 0 Å². The average molecular weight is 293 g/mol. The van der Waals surface area contributed by atoms with Gasteiger partial charge in [0, 0.05) is 0 Å². The Labute approximate surface area is 117 Å². The van der Waals surface area contributed by atoms with Gasteiger partial charge in [0.05, 0.1) is 11.0 Å². The molecule has 0 unspecified atom stereocenters. The number of nitrogens with two attached hydrogens (primary N) is 1. The molecule has 3 aromatic rings. The third-order valence-corrected chi connectivity index (χ3v) is 2.92. The van der Waals surface area contributed by atoms with Crippen LogP contribution in [0.2, 0.25) is 0 Å². The number of alkyl halides is 3. The number of ether oxygens (including phenoxy) is 1. The molecule has 0 amide bonds. The van der Waals surface area contributed by atoms with Crippen molar-refractivity contribution in [1.29, 1.82) is 0 Å². The van der Waals surface area contributed by atoms with E-state index in [0.29, 0.717) is 11.5 Å². The third-order valence-electron chi connectivity index (χ3n) is 2.92. The van der Waals surface area contributed by atoms with Gasteiger partial charge < -0.3 is 15.5 Å². The maximum Gasteiger partial charge on any atom is 0.573 e. The number of fused-ring (bicyclic) bond motifs is 1. The third kappa shape index (κ3) is 2.91. The number of nitrogens with zero attached hydrogens (tertiary/aromatic N) is 1. The first-order valence-electron chi connectivity index (χ1n) is 6.02. The number of anilines is 1. The fraction of sp³-hybridized carbons (Fsp3) is 0.0714. The predicted molar refractivity (Wildman–Crippen MR) is 72.6 cm³/mol. The second-order valence-electron chi connectivity index (χ2n) is 4.43. The molecule has 0 bridgehead atoms. The number of hydrogen-bond donors (Lipinski definition) is 2. The number of H-pyrrole nitrogens is 1. The number of nitrogen functional groups attached to an aromatic ring is 1. The molecular weight excluding hydrogens is 283 g/mol. The highest BCUT2D eigenvalue weighted by Crippen LogP contribution is 2.28. The maximum atomic E-state index is 12.1. The van der Waals surface area contributed by atoms with Crippen LogP contribution in [0.5, 0.6) is 5.75 Å². The molecule has 0 radical (unpaired) electrons. The van der Waals surface area contributed by atoms with Crippen molar-refractivity contribution in [3.8, 4) is 16.9 Å². The van der Waals surface area contributed by atoms with Crippen LogP contribution in [0, 0.1) is 0 Å². The van der Waals surface area contributed by atoms with Gasteiger partial charge in [0.1, 0.15) is 5.75 Å². The Kier molecular flexibility index (Phi) is 2.97. The maximum absolute atomic E-state index is 12.1. The zero-order chi connectivity index (χ0) is 15.0. The first-order valence-corrected chi connectivity index (χ1v) is 6.02.